The monoisotopic (exact) mass is 279 g/mol. The molecule has 1 N–H and O–H groups in total. The van der Waals surface area contributed by atoms with E-state index in [-0.39, 0.29) is 0 Å². The van der Waals surface area contributed by atoms with E-state index in [1.807, 2.05) is 0 Å². The van der Waals surface area contributed by atoms with Crippen molar-refractivity contribution in [3.8, 4) is 0 Å². The Hall–Kier alpha value is 0.0169. The van der Waals surface area contributed by atoms with Crippen molar-refractivity contribution in [3.63, 3.8) is 0 Å². The zero-order valence-electron chi connectivity index (χ0n) is 12.3. The van der Waals surface area contributed by atoms with Gasteiger partial charge in [-0.15, -0.1) is 0 Å². The second-order valence-electron chi connectivity index (χ2n) is 4.07. The summed E-state index contributed by atoms with van der Waals surface area (Å²) in [6, 6.07) is 0.869. The Morgan fingerprint density at radius 1 is 0.889 bits per heavy atom. The Kier molecular flexibility index (Phi) is 12.1. The molecule has 0 aromatic rings. The predicted molar refractivity (Wildman–Crippen MR) is 74.8 cm³/mol. The normalized spacial score (nSPS) is 12.0. The quantitative estimate of drug-likeness (QED) is 0.410. The molecule has 0 atom stereocenters. The van der Waals surface area contributed by atoms with Crippen LogP contribution in [0.15, 0.2) is 0 Å². The maximum Gasteiger partial charge on any atom is 0.500 e. The molecule has 6 heteroatoms. The van der Waals surface area contributed by atoms with E-state index in [2.05, 4.69) is 12.2 Å². The third-order valence-electron chi connectivity index (χ3n) is 2.88. The standard InChI is InChI=1S/C12H29NO4Si/c1-5-13-9-11-17-10-7-6-8-12-18(14-2,15-3)16-4/h13H,5-12H2,1-4H3. The van der Waals surface area contributed by atoms with Crippen LogP contribution in [-0.4, -0.2) is 56.4 Å². The van der Waals surface area contributed by atoms with Crippen molar-refractivity contribution in [1.29, 1.82) is 0 Å². The topological polar surface area (TPSA) is 49.0 Å². The number of rotatable bonds is 13. The molecule has 0 heterocycles. The minimum absolute atomic E-state index is 0.792. The van der Waals surface area contributed by atoms with Crippen LogP contribution in [0.1, 0.15) is 26.2 Å². The molecule has 0 aliphatic rings. The highest BCUT2D eigenvalue weighted by Gasteiger charge is 2.36. The van der Waals surface area contributed by atoms with Crippen LogP contribution in [0.3, 0.4) is 0 Å². The molecule has 0 saturated carbocycles. The SMILES string of the molecule is CCNCCOCCCCC[Si](OC)(OC)OC. The van der Waals surface area contributed by atoms with E-state index in [1.54, 1.807) is 21.3 Å². The summed E-state index contributed by atoms with van der Waals surface area (Å²) in [5.74, 6) is 0. The number of hydrogen-bond donors (Lipinski definition) is 1. The summed E-state index contributed by atoms with van der Waals surface area (Å²) in [7, 11) is 2.61. The average Bonchev–Trinajstić information content (AvgIpc) is 2.42. The van der Waals surface area contributed by atoms with Crippen LogP contribution >= 0.6 is 0 Å². The van der Waals surface area contributed by atoms with Gasteiger partial charge in [-0.2, -0.15) is 0 Å². The predicted octanol–water partition coefficient (Wildman–Crippen LogP) is 1.66. The lowest BCUT2D eigenvalue weighted by Crippen LogP contribution is -2.42. The van der Waals surface area contributed by atoms with Crippen molar-refractivity contribution < 1.29 is 18.0 Å². The number of hydrogen-bond acceptors (Lipinski definition) is 5. The van der Waals surface area contributed by atoms with E-state index in [0.717, 1.165) is 51.6 Å². The molecule has 0 radical (unpaired) electrons. The summed E-state index contributed by atoms with van der Waals surface area (Å²) in [5.41, 5.74) is 0. The first kappa shape index (κ1) is 18.0. The van der Waals surface area contributed by atoms with Crippen molar-refractivity contribution >= 4 is 8.80 Å². The summed E-state index contributed by atoms with van der Waals surface area (Å²) in [6.07, 6.45) is 3.25. The fourth-order valence-electron chi connectivity index (χ4n) is 1.70. The minimum atomic E-state index is -2.35. The largest absolute Gasteiger partial charge is 0.500 e. The molecule has 18 heavy (non-hydrogen) atoms. The first-order valence-corrected chi connectivity index (χ1v) is 8.61. The van der Waals surface area contributed by atoms with Crippen LogP contribution in [0, 0.1) is 0 Å². The van der Waals surface area contributed by atoms with Crippen molar-refractivity contribution in [3.05, 3.63) is 0 Å². The molecule has 5 nitrogen and oxygen atoms in total. The van der Waals surface area contributed by atoms with Crippen LogP contribution in [0.4, 0.5) is 0 Å². The van der Waals surface area contributed by atoms with Gasteiger partial charge in [-0.05, 0) is 19.4 Å². The molecule has 110 valence electrons. The van der Waals surface area contributed by atoms with Gasteiger partial charge in [-0.25, -0.2) is 0 Å². The van der Waals surface area contributed by atoms with Gasteiger partial charge in [0.05, 0.1) is 6.61 Å². The smallest absolute Gasteiger partial charge is 0.380 e. The van der Waals surface area contributed by atoms with Gasteiger partial charge in [0, 0.05) is 40.5 Å². The molecule has 0 aromatic heterocycles. The molecule has 0 bridgehead atoms. The number of nitrogens with one attached hydrogen (secondary N) is 1. The first-order valence-electron chi connectivity index (χ1n) is 6.68. The highest BCUT2D eigenvalue weighted by Crippen LogP contribution is 2.16. The minimum Gasteiger partial charge on any atom is -0.380 e. The van der Waals surface area contributed by atoms with Gasteiger partial charge < -0.3 is 23.3 Å². The van der Waals surface area contributed by atoms with Crippen LogP contribution in [0.5, 0.6) is 0 Å². The molecule has 0 spiro atoms. The molecular weight excluding hydrogens is 250 g/mol. The number of ether oxygens (including phenoxy) is 1. The van der Waals surface area contributed by atoms with Crippen molar-refractivity contribution in [2.24, 2.45) is 0 Å². The summed E-state index contributed by atoms with van der Waals surface area (Å²) in [6.45, 7) is 5.65. The van der Waals surface area contributed by atoms with Crippen LogP contribution in [0.2, 0.25) is 6.04 Å². The molecule has 0 fully saturated rings. The maximum atomic E-state index is 5.50. The molecule has 0 aliphatic carbocycles. The van der Waals surface area contributed by atoms with E-state index in [1.165, 1.54) is 0 Å². The molecule has 0 unspecified atom stereocenters. The van der Waals surface area contributed by atoms with Crippen LogP contribution in [-0.2, 0) is 18.0 Å². The fraction of sp³-hybridized carbons (Fsp3) is 1.00. The Balaban J connectivity index is 3.38. The molecule has 0 aromatic carbocycles. The lowest BCUT2D eigenvalue weighted by atomic mass is 10.3. The van der Waals surface area contributed by atoms with Crippen LogP contribution in [0.25, 0.3) is 0 Å². The van der Waals surface area contributed by atoms with Gasteiger partial charge in [-0.3, -0.25) is 0 Å². The molecular formula is C12H29NO4Si. The van der Waals surface area contributed by atoms with Gasteiger partial charge in [0.1, 0.15) is 0 Å². The molecule has 0 rings (SSSR count). The summed E-state index contributed by atoms with van der Waals surface area (Å²) in [5, 5.41) is 3.22. The van der Waals surface area contributed by atoms with Crippen LogP contribution < -0.4 is 5.32 Å². The van der Waals surface area contributed by atoms with Crippen molar-refractivity contribution in [1.82, 2.24) is 5.32 Å². The zero-order chi connectivity index (χ0) is 13.7. The Labute approximate surface area is 113 Å². The van der Waals surface area contributed by atoms with Crippen molar-refractivity contribution in [2.45, 2.75) is 32.2 Å². The second kappa shape index (κ2) is 12.1. The van der Waals surface area contributed by atoms with E-state index >= 15 is 0 Å². The summed E-state index contributed by atoms with van der Waals surface area (Å²) >= 11 is 0. The molecule has 0 aliphatic heterocycles. The Morgan fingerprint density at radius 2 is 1.56 bits per heavy atom. The van der Waals surface area contributed by atoms with Gasteiger partial charge in [-0.1, -0.05) is 13.3 Å². The highest BCUT2D eigenvalue weighted by atomic mass is 28.4. The Morgan fingerprint density at radius 3 is 2.11 bits per heavy atom. The maximum absolute atomic E-state index is 5.50. The molecule has 0 saturated heterocycles. The lowest BCUT2D eigenvalue weighted by molar-refractivity contribution is 0.119. The van der Waals surface area contributed by atoms with Crippen molar-refractivity contribution in [2.75, 3.05) is 47.6 Å². The van der Waals surface area contributed by atoms with E-state index < -0.39 is 8.80 Å². The summed E-state index contributed by atoms with van der Waals surface area (Å²) in [4.78, 5) is 0. The van der Waals surface area contributed by atoms with Gasteiger partial charge >= 0.3 is 8.80 Å². The van der Waals surface area contributed by atoms with E-state index in [4.69, 9.17) is 18.0 Å². The number of unbranched alkanes of at least 4 members (excludes halogenated alkanes) is 2. The van der Waals surface area contributed by atoms with Gasteiger partial charge in [0.15, 0.2) is 0 Å². The second-order valence-corrected chi connectivity index (χ2v) is 7.16. The summed E-state index contributed by atoms with van der Waals surface area (Å²) < 4.78 is 21.6. The average molecular weight is 279 g/mol. The molecule has 0 amide bonds. The fourth-order valence-corrected chi connectivity index (χ4v) is 3.50. The lowest BCUT2D eigenvalue weighted by Gasteiger charge is -2.24. The van der Waals surface area contributed by atoms with E-state index in [0.29, 0.717) is 0 Å². The van der Waals surface area contributed by atoms with Gasteiger partial charge in [0.25, 0.3) is 0 Å². The first-order chi connectivity index (χ1) is 8.74. The highest BCUT2D eigenvalue weighted by molar-refractivity contribution is 6.60. The Bertz CT molecular complexity index is 171. The third kappa shape index (κ3) is 8.18. The third-order valence-corrected chi connectivity index (χ3v) is 5.71. The van der Waals surface area contributed by atoms with Gasteiger partial charge in [0.2, 0.25) is 0 Å². The van der Waals surface area contributed by atoms with E-state index in [9.17, 15) is 0 Å². The zero-order valence-corrected chi connectivity index (χ0v) is 13.3. The number of likely N-dealkylation sites (N-methyl/N-ethyl adjacent to an activating group) is 1.